The van der Waals surface area contributed by atoms with Crippen molar-refractivity contribution in [3.63, 3.8) is 0 Å². The van der Waals surface area contributed by atoms with Crippen LogP contribution in [-0.4, -0.2) is 11.9 Å². The maximum atomic E-state index is 9.92. The molecule has 0 amide bonds. The summed E-state index contributed by atoms with van der Waals surface area (Å²) >= 11 is 0. The van der Waals surface area contributed by atoms with Gasteiger partial charge < -0.3 is 4.74 Å². The molecular formula is C16H12O3. The van der Waals surface area contributed by atoms with Gasteiger partial charge in [-0.2, -0.15) is 0 Å². The summed E-state index contributed by atoms with van der Waals surface area (Å²) < 4.78 is 3.97. The number of carbonyl (C=O) groups is 2. The Balaban J connectivity index is 0.000000163. The van der Waals surface area contributed by atoms with Crippen LogP contribution in [0.3, 0.4) is 0 Å². The van der Waals surface area contributed by atoms with Crippen molar-refractivity contribution in [3.8, 4) is 0 Å². The van der Waals surface area contributed by atoms with Crippen molar-refractivity contribution in [2.75, 3.05) is 0 Å². The average molecular weight is 252 g/mol. The minimum absolute atomic E-state index is 0.579. The summed E-state index contributed by atoms with van der Waals surface area (Å²) in [6, 6.07) is 14.6. The van der Waals surface area contributed by atoms with Crippen LogP contribution in [-0.2, 0) is 14.3 Å². The van der Waals surface area contributed by atoms with E-state index in [-0.39, 0.29) is 0 Å². The second kappa shape index (κ2) is 5.78. The van der Waals surface area contributed by atoms with Crippen molar-refractivity contribution >= 4 is 28.8 Å². The lowest BCUT2D eigenvalue weighted by atomic mass is 10.1. The van der Waals surface area contributed by atoms with E-state index in [1.165, 1.54) is 16.3 Å². The average Bonchev–Trinajstić information content (AvgIpc) is 2.82. The monoisotopic (exact) mass is 252 g/mol. The molecule has 1 aliphatic heterocycles. The summed E-state index contributed by atoms with van der Waals surface area (Å²) in [5.74, 6) is -1.16. The molecule has 3 nitrogen and oxygen atoms in total. The van der Waals surface area contributed by atoms with Gasteiger partial charge in [-0.25, -0.2) is 9.59 Å². The second-order valence-corrected chi connectivity index (χ2v) is 3.85. The molecule has 0 spiro atoms. The zero-order chi connectivity index (χ0) is 13.7. The summed E-state index contributed by atoms with van der Waals surface area (Å²) in [6.07, 6.45) is 4.06. The topological polar surface area (TPSA) is 43.4 Å². The molecule has 0 radical (unpaired) electrons. The number of fused-ring (bicyclic) bond motifs is 1. The van der Waals surface area contributed by atoms with Crippen molar-refractivity contribution in [2.24, 2.45) is 0 Å². The highest BCUT2D eigenvalue weighted by Crippen LogP contribution is 2.18. The number of hydrogen-bond acceptors (Lipinski definition) is 3. The number of ether oxygens (including phenoxy) is 1. The molecule has 94 valence electrons. The quantitative estimate of drug-likeness (QED) is 0.578. The molecule has 0 bridgehead atoms. The second-order valence-electron chi connectivity index (χ2n) is 3.85. The van der Waals surface area contributed by atoms with Crippen molar-refractivity contribution < 1.29 is 14.3 Å². The fraction of sp³-hybridized carbons (Fsp3) is 0. The van der Waals surface area contributed by atoms with E-state index in [1.807, 2.05) is 6.08 Å². The molecule has 0 atom stereocenters. The first-order valence-electron chi connectivity index (χ1n) is 5.75. The Morgan fingerprint density at radius 3 is 2.11 bits per heavy atom. The number of cyclic esters (lactones) is 2. The highest BCUT2D eigenvalue weighted by atomic mass is 16.6. The number of rotatable bonds is 1. The van der Waals surface area contributed by atoms with E-state index in [2.05, 4.69) is 53.8 Å². The molecule has 3 heteroatoms. The molecule has 0 unspecified atom stereocenters. The van der Waals surface area contributed by atoms with Crippen LogP contribution in [0.25, 0.3) is 16.8 Å². The third kappa shape index (κ3) is 3.16. The van der Waals surface area contributed by atoms with Crippen LogP contribution >= 0.6 is 0 Å². The molecule has 0 aliphatic carbocycles. The van der Waals surface area contributed by atoms with Crippen molar-refractivity contribution in [2.45, 2.75) is 0 Å². The van der Waals surface area contributed by atoms with Crippen molar-refractivity contribution in [3.05, 3.63) is 66.8 Å². The molecule has 1 heterocycles. The number of esters is 2. The molecule has 3 rings (SSSR count). The summed E-state index contributed by atoms with van der Waals surface area (Å²) in [6.45, 7) is 3.78. The van der Waals surface area contributed by atoms with Crippen LogP contribution in [0, 0.1) is 0 Å². The standard InChI is InChI=1S/C12H10.C4H2O3/c1-2-10-7-5-8-11-6-3-4-9-12(10)11;5-3-1-2-4(6)7-3/h2-9H,1H2;1-2H. The highest BCUT2D eigenvalue weighted by molar-refractivity contribution is 6.04. The van der Waals surface area contributed by atoms with Gasteiger partial charge in [0.25, 0.3) is 0 Å². The van der Waals surface area contributed by atoms with Gasteiger partial charge in [0, 0.05) is 12.2 Å². The SMILES string of the molecule is C=Cc1cccc2ccccc12.O=C1C=CC(=O)O1. The third-order valence-electron chi connectivity index (χ3n) is 2.60. The lowest BCUT2D eigenvalue weighted by Gasteiger charge is -1.99. The van der Waals surface area contributed by atoms with E-state index in [4.69, 9.17) is 0 Å². The highest BCUT2D eigenvalue weighted by Gasteiger charge is 2.10. The van der Waals surface area contributed by atoms with Crippen LogP contribution in [0.5, 0.6) is 0 Å². The van der Waals surface area contributed by atoms with Crippen LogP contribution in [0.15, 0.2) is 61.2 Å². The lowest BCUT2D eigenvalue weighted by molar-refractivity contribution is -0.150. The van der Waals surface area contributed by atoms with Crippen molar-refractivity contribution in [1.82, 2.24) is 0 Å². The summed E-state index contributed by atoms with van der Waals surface area (Å²) in [5.41, 5.74) is 1.20. The van der Waals surface area contributed by atoms with E-state index in [0.29, 0.717) is 0 Å². The van der Waals surface area contributed by atoms with Gasteiger partial charge in [-0.05, 0) is 16.3 Å². The van der Waals surface area contributed by atoms with Gasteiger partial charge >= 0.3 is 11.9 Å². The maximum Gasteiger partial charge on any atom is 0.338 e. The molecule has 1 aliphatic rings. The van der Waals surface area contributed by atoms with Gasteiger partial charge in [0.05, 0.1) is 0 Å². The van der Waals surface area contributed by atoms with Gasteiger partial charge in [-0.15, -0.1) is 0 Å². The fourth-order valence-corrected chi connectivity index (χ4v) is 1.73. The van der Waals surface area contributed by atoms with Crippen LogP contribution < -0.4 is 0 Å². The van der Waals surface area contributed by atoms with E-state index < -0.39 is 11.9 Å². The maximum absolute atomic E-state index is 9.92. The largest absolute Gasteiger partial charge is 0.387 e. The van der Waals surface area contributed by atoms with Gasteiger partial charge in [-0.1, -0.05) is 55.1 Å². The minimum atomic E-state index is -0.579. The lowest BCUT2D eigenvalue weighted by Crippen LogP contribution is -1.96. The summed E-state index contributed by atoms with van der Waals surface area (Å²) in [7, 11) is 0. The van der Waals surface area contributed by atoms with Gasteiger partial charge in [-0.3, -0.25) is 0 Å². The molecule has 2 aromatic rings. The minimum Gasteiger partial charge on any atom is -0.387 e. The predicted octanol–water partition coefficient (Wildman–Crippen LogP) is 3.11. The van der Waals surface area contributed by atoms with E-state index in [9.17, 15) is 9.59 Å². The molecule has 0 saturated carbocycles. The predicted molar refractivity (Wildman–Crippen MR) is 74.3 cm³/mol. The Morgan fingerprint density at radius 2 is 1.53 bits per heavy atom. The van der Waals surface area contributed by atoms with Crippen molar-refractivity contribution in [1.29, 1.82) is 0 Å². The molecule has 0 saturated heterocycles. The molecule has 2 aromatic carbocycles. The first-order chi connectivity index (χ1) is 9.20. The first kappa shape index (κ1) is 12.8. The van der Waals surface area contributed by atoms with E-state index >= 15 is 0 Å². The Kier molecular flexibility index (Phi) is 3.88. The summed E-state index contributed by atoms with van der Waals surface area (Å²) in [4.78, 5) is 19.8. The number of hydrogen-bond donors (Lipinski definition) is 0. The number of benzene rings is 2. The molecule has 0 N–H and O–H groups in total. The molecule has 0 aromatic heterocycles. The Hall–Kier alpha value is -2.68. The molecule has 19 heavy (non-hydrogen) atoms. The Labute approximate surface area is 110 Å². The van der Waals surface area contributed by atoms with Gasteiger partial charge in [0.15, 0.2) is 0 Å². The molecule has 0 fully saturated rings. The third-order valence-corrected chi connectivity index (χ3v) is 2.60. The van der Waals surface area contributed by atoms with Gasteiger partial charge in [0.1, 0.15) is 0 Å². The Bertz CT molecular complexity index is 647. The van der Waals surface area contributed by atoms with Crippen LogP contribution in [0.4, 0.5) is 0 Å². The normalized spacial score (nSPS) is 12.8. The zero-order valence-corrected chi connectivity index (χ0v) is 10.2. The first-order valence-corrected chi connectivity index (χ1v) is 5.75. The zero-order valence-electron chi connectivity index (χ0n) is 10.2. The van der Waals surface area contributed by atoms with E-state index in [0.717, 1.165) is 12.2 Å². The molecular weight excluding hydrogens is 240 g/mol. The van der Waals surface area contributed by atoms with Crippen LogP contribution in [0.1, 0.15) is 5.56 Å². The summed E-state index contributed by atoms with van der Waals surface area (Å²) in [5, 5.41) is 2.55. The Morgan fingerprint density at radius 1 is 0.895 bits per heavy atom. The van der Waals surface area contributed by atoms with Gasteiger partial charge in [0.2, 0.25) is 0 Å². The van der Waals surface area contributed by atoms with E-state index in [1.54, 1.807) is 0 Å². The van der Waals surface area contributed by atoms with Crippen LogP contribution in [0.2, 0.25) is 0 Å². The smallest absolute Gasteiger partial charge is 0.338 e. The number of carbonyl (C=O) groups excluding carboxylic acids is 2. The fourth-order valence-electron chi connectivity index (χ4n) is 1.73.